The summed E-state index contributed by atoms with van der Waals surface area (Å²) in [6.07, 6.45) is -4.90. The van der Waals surface area contributed by atoms with Crippen LogP contribution in [0.25, 0.3) is 0 Å². The third-order valence-corrected chi connectivity index (χ3v) is 4.90. The minimum Gasteiger partial charge on any atom is -0.444 e. The van der Waals surface area contributed by atoms with Gasteiger partial charge in [0.15, 0.2) is 0 Å². The average molecular weight is 509 g/mol. The van der Waals surface area contributed by atoms with Gasteiger partial charge in [0, 0.05) is 12.2 Å². The molecule has 2 aromatic rings. The zero-order valence-electron chi connectivity index (χ0n) is 20.3. The first-order chi connectivity index (χ1) is 16.8. The number of rotatable bonds is 9. The van der Waals surface area contributed by atoms with Gasteiger partial charge in [0.25, 0.3) is 0 Å². The van der Waals surface area contributed by atoms with E-state index in [0.717, 1.165) is 17.7 Å². The van der Waals surface area contributed by atoms with Crippen LogP contribution in [0, 0.1) is 0 Å². The molecule has 196 valence electrons. The van der Waals surface area contributed by atoms with E-state index in [9.17, 15) is 27.6 Å². The maximum absolute atomic E-state index is 13.1. The highest BCUT2D eigenvalue weighted by Gasteiger charge is 2.31. The Kier molecular flexibility index (Phi) is 9.85. The van der Waals surface area contributed by atoms with Gasteiger partial charge in [-0.15, -0.1) is 0 Å². The number of amides is 3. The van der Waals surface area contributed by atoms with Crippen molar-refractivity contribution in [1.29, 1.82) is 0 Å². The molecule has 0 radical (unpaired) electrons. The summed E-state index contributed by atoms with van der Waals surface area (Å²) in [7, 11) is 0. The van der Waals surface area contributed by atoms with Crippen LogP contribution in [0.2, 0.25) is 0 Å². The molecule has 5 N–H and O–H groups in total. The first kappa shape index (κ1) is 28.6. The number of hydrogen-bond acceptors (Lipinski definition) is 5. The van der Waals surface area contributed by atoms with Crippen LogP contribution < -0.4 is 21.7 Å². The first-order valence-corrected chi connectivity index (χ1v) is 11.3. The second-order valence-corrected chi connectivity index (χ2v) is 9.09. The molecule has 0 aliphatic carbocycles. The summed E-state index contributed by atoms with van der Waals surface area (Å²) in [5.74, 6) is -1.45. The molecule has 0 spiro atoms. The van der Waals surface area contributed by atoms with Crippen molar-refractivity contribution in [3.05, 3.63) is 65.7 Å². The van der Waals surface area contributed by atoms with Gasteiger partial charge in [-0.3, -0.25) is 9.59 Å². The van der Waals surface area contributed by atoms with Crippen LogP contribution in [0.4, 0.5) is 23.7 Å². The van der Waals surface area contributed by atoms with Crippen molar-refractivity contribution >= 4 is 23.6 Å². The molecule has 0 fully saturated rings. The predicted octanol–water partition coefficient (Wildman–Crippen LogP) is 3.61. The van der Waals surface area contributed by atoms with E-state index in [2.05, 4.69) is 16.0 Å². The van der Waals surface area contributed by atoms with Crippen molar-refractivity contribution < 1.29 is 32.3 Å². The fraction of sp³-hybridized carbons (Fsp3) is 0.400. The molecule has 0 bridgehead atoms. The van der Waals surface area contributed by atoms with Crippen molar-refractivity contribution in [2.24, 2.45) is 5.73 Å². The monoisotopic (exact) mass is 508 g/mol. The largest absolute Gasteiger partial charge is 0.444 e. The molecular weight excluding hydrogens is 477 g/mol. The molecule has 0 saturated heterocycles. The molecular formula is C25H31F3N4O4. The molecule has 0 saturated carbocycles. The molecule has 8 nitrogen and oxygen atoms in total. The molecule has 0 heterocycles. The number of nitrogens with two attached hydrogens (primary N) is 1. The fourth-order valence-electron chi connectivity index (χ4n) is 3.18. The van der Waals surface area contributed by atoms with Gasteiger partial charge in [-0.25, -0.2) is 4.79 Å². The average Bonchev–Trinajstić information content (AvgIpc) is 2.79. The van der Waals surface area contributed by atoms with Crippen LogP contribution in [0.15, 0.2) is 54.6 Å². The number of alkyl halides is 3. The minimum atomic E-state index is -4.58. The number of aryl methyl sites for hydroxylation is 1. The molecule has 2 atom stereocenters. The lowest BCUT2D eigenvalue weighted by molar-refractivity contribution is -0.137. The third kappa shape index (κ3) is 9.57. The Balaban J connectivity index is 2.17. The highest BCUT2D eigenvalue weighted by molar-refractivity contribution is 5.98. The van der Waals surface area contributed by atoms with E-state index in [1.807, 2.05) is 30.3 Å². The molecule has 11 heteroatoms. The van der Waals surface area contributed by atoms with Crippen molar-refractivity contribution in [3.8, 4) is 0 Å². The summed E-state index contributed by atoms with van der Waals surface area (Å²) in [5, 5.41) is 7.34. The lowest BCUT2D eigenvalue weighted by atomic mass is 10.0. The highest BCUT2D eigenvalue weighted by Crippen LogP contribution is 2.30. The van der Waals surface area contributed by atoms with Gasteiger partial charge in [0.1, 0.15) is 17.7 Å². The molecule has 0 unspecified atom stereocenters. The van der Waals surface area contributed by atoms with E-state index in [1.54, 1.807) is 20.8 Å². The number of anilines is 1. The predicted molar refractivity (Wildman–Crippen MR) is 129 cm³/mol. The quantitative estimate of drug-likeness (QED) is 0.412. The van der Waals surface area contributed by atoms with Gasteiger partial charge in [-0.05, 0) is 57.4 Å². The Hall–Kier alpha value is -3.60. The molecule has 2 aromatic carbocycles. The number of carbonyl (C=O) groups excluding carboxylic acids is 3. The Morgan fingerprint density at radius 1 is 0.917 bits per heavy atom. The Bertz CT molecular complexity index is 1040. The number of halogens is 3. The van der Waals surface area contributed by atoms with Crippen LogP contribution in [0.3, 0.4) is 0 Å². The zero-order chi connectivity index (χ0) is 26.9. The number of alkyl carbamates (subject to hydrolysis) is 1. The fourth-order valence-corrected chi connectivity index (χ4v) is 3.18. The van der Waals surface area contributed by atoms with Gasteiger partial charge in [-0.1, -0.05) is 36.4 Å². The van der Waals surface area contributed by atoms with Crippen molar-refractivity contribution in [1.82, 2.24) is 10.6 Å². The number of hydrogen-bond donors (Lipinski definition) is 4. The van der Waals surface area contributed by atoms with E-state index in [1.165, 1.54) is 12.1 Å². The van der Waals surface area contributed by atoms with Crippen LogP contribution in [0.1, 0.15) is 38.3 Å². The number of benzene rings is 2. The number of nitrogens with one attached hydrogen (secondary N) is 3. The number of carbonyl (C=O) groups is 3. The Labute approximate surface area is 207 Å². The smallest absolute Gasteiger partial charge is 0.416 e. The summed E-state index contributed by atoms with van der Waals surface area (Å²) in [6, 6.07) is 11.0. The molecule has 3 amide bonds. The SMILES string of the molecule is CC(C)(C)OC(=O)N[C@@H](CN)C(=O)N[C@@H](CCc1ccccc1)C(=O)Nc1cccc(C(F)(F)F)c1. The van der Waals surface area contributed by atoms with E-state index in [-0.39, 0.29) is 18.7 Å². The van der Waals surface area contributed by atoms with E-state index in [0.29, 0.717) is 6.42 Å². The van der Waals surface area contributed by atoms with Crippen LogP contribution in [0.5, 0.6) is 0 Å². The van der Waals surface area contributed by atoms with E-state index in [4.69, 9.17) is 10.5 Å². The third-order valence-electron chi connectivity index (χ3n) is 4.90. The van der Waals surface area contributed by atoms with Crippen LogP contribution in [-0.2, 0) is 26.9 Å². The highest BCUT2D eigenvalue weighted by atomic mass is 19.4. The standard InChI is InChI=1S/C25H31F3N4O4/c1-24(2,3)36-23(35)32-20(15-29)22(34)31-19(13-12-16-8-5-4-6-9-16)21(33)30-18-11-7-10-17(14-18)25(26,27)28/h4-11,14,19-20H,12-13,15,29H2,1-3H3,(H,30,33)(H,31,34)(H,32,35)/t19-,20-/m0/s1. The van der Waals surface area contributed by atoms with E-state index < -0.39 is 47.3 Å². The number of ether oxygens (including phenoxy) is 1. The minimum absolute atomic E-state index is 0.0731. The maximum Gasteiger partial charge on any atom is 0.416 e. The van der Waals surface area contributed by atoms with Crippen LogP contribution in [-0.4, -0.2) is 42.1 Å². The second kappa shape index (κ2) is 12.4. The molecule has 2 rings (SSSR count). The van der Waals surface area contributed by atoms with Gasteiger partial charge < -0.3 is 26.4 Å². The molecule has 36 heavy (non-hydrogen) atoms. The lowest BCUT2D eigenvalue weighted by Crippen LogP contribution is -2.55. The topological polar surface area (TPSA) is 123 Å². The van der Waals surface area contributed by atoms with Crippen LogP contribution >= 0.6 is 0 Å². The summed E-state index contributed by atoms with van der Waals surface area (Å²) < 4.78 is 44.3. The normalized spacial score (nSPS) is 13.3. The summed E-state index contributed by atoms with van der Waals surface area (Å²) >= 11 is 0. The van der Waals surface area contributed by atoms with Gasteiger partial charge in [0.05, 0.1) is 5.56 Å². The zero-order valence-corrected chi connectivity index (χ0v) is 20.3. The maximum atomic E-state index is 13.1. The Morgan fingerprint density at radius 2 is 1.58 bits per heavy atom. The summed E-state index contributed by atoms with van der Waals surface area (Å²) in [4.78, 5) is 37.9. The first-order valence-electron chi connectivity index (χ1n) is 11.3. The summed E-state index contributed by atoms with van der Waals surface area (Å²) in [5.41, 5.74) is 4.74. The molecule has 0 aromatic heterocycles. The van der Waals surface area contributed by atoms with Crippen molar-refractivity contribution in [3.63, 3.8) is 0 Å². The van der Waals surface area contributed by atoms with Gasteiger partial charge >= 0.3 is 12.3 Å². The summed E-state index contributed by atoms with van der Waals surface area (Å²) in [6.45, 7) is 4.69. The van der Waals surface area contributed by atoms with Gasteiger partial charge in [0.2, 0.25) is 11.8 Å². The van der Waals surface area contributed by atoms with Crippen molar-refractivity contribution in [2.75, 3.05) is 11.9 Å². The van der Waals surface area contributed by atoms with Gasteiger partial charge in [-0.2, -0.15) is 13.2 Å². The second-order valence-electron chi connectivity index (χ2n) is 9.09. The van der Waals surface area contributed by atoms with Crippen molar-refractivity contribution in [2.45, 2.75) is 57.5 Å². The van der Waals surface area contributed by atoms with E-state index >= 15 is 0 Å². The lowest BCUT2D eigenvalue weighted by Gasteiger charge is -2.24. The molecule has 0 aliphatic rings. The molecule has 0 aliphatic heterocycles. The Morgan fingerprint density at radius 3 is 2.17 bits per heavy atom.